The zero-order chi connectivity index (χ0) is 23.0. The highest BCUT2D eigenvalue weighted by molar-refractivity contribution is 5.97. The van der Waals surface area contributed by atoms with Gasteiger partial charge in [0.1, 0.15) is 29.0 Å². The molecule has 1 aliphatic rings. The summed E-state index contributed by atoms with van der Waals surface area (Å²) in [6.07, 6.45) is 1.43. The summed E-state index contributed by atoms with van der Waals surface area (Å²) in [5.41, 5.74) is 1.69. The van der Waals surface area contributed by atoms with Crippen LogP contribution in [0.1, 0.15) is 0 Å². The minimum atomic E-state index is -0.312. The van der Waals surface area contributed by atoms with Gasteiger partial charge >= 0.3 is 0 Å². The monoisotopic (exact) mass is 442 g/mol. The van der Waals surface area contributed by atoms with Gasteiger partial charge in [-0.2, -0.15) is 5.26 Å². The molecule has 0 aromatic heterocycles. The molecule has 0 bridgehead atoms. The van der Waals surface area contributed by atoms with Crippen LogP contribution >= 0.6 is 0 Å². The maximum atomic E-state index is 13.1. The predicted molar refractivity (Wildman–Crippen MR) is 125 cm³/mol. The third-order valence-corrected chi connectivity index (χ3v) is 5.33. The number of amides is 1. The minimum absolute atomic E-state index is 0.0369. The molecule has 1 saturated heterocycles. The Morgan fingerprint density at radius 2 is 1.55 bits per heavy atom. The molecule has 1 amide bonds. The lowest BCUT2D eigenvalue weighted by Gasteiger charge is -2.36. The van der Waals surface area contributed by atoms with Crippen molar-refractivity contribution in [3.8, 4) is 17.6 Å². The van der Waals surface area contributed by atoms with Gasteiger partial charge in [0.05, 0.1) is 0 Å². The van der Waals surface area contributed by atoms with E-state index >= 15 is 0 Å². The third kappa shape index (κ3) is 5.69. The summed E-state index contributed by atoms with van der Waals surface area (Å²) in [6, 6.07) is 25.0. The summed E-state index contributed by atoms with van der Waals surface area (Å²) in [7, 11) is 0. The second kappa shape index (κ2) is 10.3. The van der Waals surface area contributed by atoms with Gasteiger partial charge in [0.2, 0.25) is 0 Å². The fourth-order valence-corrected chi connectivity index (χ4v) is 3.53. The zero-order valence-electron chi connectivity index (χ0n) is 17.9. The van der Waals surface area contributed by atoms with Crippen molar-refractivity contribution >= 4 is 17.3 Å². The highest BCUT2D eigenvalue weighted by atomic mass is 19.1. The molecule has 0 saturated carbocycles. The number of hydrogen-bond acceptors (Lipinski definition) is 5. The quantitative estimate of drug-likeness (QED) is 0.439. The van der Waals surface area contributed by atoms with E-state index in [0.29, 0.717) is 31.9 Å². The van der Waals surface area contributed by atoms with Crippen LogP contribution in [-0.2, 0) is 4.79 Å². The van der Waals surface area contributed by atoms with Crippen molar-refractivity contribution in [3.05, 3.63) is 96.5 Å². The normalized spacial score (nSPS) is 13.9. The molecule has 1 fully saturated rings. The standard InChI is InChI=1S/C26H23FN4O2/c27-21-6-10-23(11-7-21)30-14-16-31(17-15-30)26(32)20(18-28)19-29-22-8-12-25(13-9-22)33-24-4-2-1-3-5-24/h1-13,19,29H,14-17H2/b20-19-. The summed E-state index contributed by atoms with van der Waals surface area (Å²) in [5.74, 6) is 0.844. The lowest BCUT2D eigenvalue weighted by atomic mass is 10.2. The summed E-state index contributed by atoms with van der Waals surface area (Å²) < 4.78 is 18.9. The maximum absolute atomic E-state index is 13.1. The first-order valence-corrected chi connectivity index (χ1v) is 10.6. The van der Waals surface area contributed by atoms with Crippen LogP contribution in [0.2, 0.25) is 0 Å². The van der Waals surface area contributed by atoms with Crippen molar-refractivity contribution in [3.63, 3.8) is 0 Å². The molecule has 3 aromatic rings. The Hall–Kier alpha value is -4.31. The molecule has 1 heterocycles. The number of carbonyl (C=O) groups excluding carboxylic acids is 1. The van der Waals surface area contributed by atoms with E-state index in [1.165, 1.54) is 18.3 Å². The van der Waals surface area contributed by atoms with E-state index in [1.54, 1.807) is 17.0 Å². The van der Waals surface area contributed by atoms with E-state index in [-0.39, 0.29) is 17.3 Å². The van der Waals surface area contributed by atoms with Gasteiger partial charge in [-0.25, -0.2) is 4.39 Å². The average Bonchev–Trinajstić information content (AvgIpc) is 2.86. The molecule has 6 nitrogen and oxygen atoms in total. The number of anilines is 2. The van der Waals surface area contributed by atoms with Crippen molar-refractivity contribution in [2.24, 2.45) is 0 Å². The van der Waals surface area contributed by atoms with Crippen molar-refractivity contribution in [1.82, 2.24) is 4.90 Å². The van der Waals surface area contributed by atoms with Crippen LogP contribution in [0.5, 0.6) is 11.5 Å². The van der Waals surface area contributed by atoms with Crippen LogP contribution in [0.15, 0.2) is 90.6 Å². The number of benzene rings is 3. The van der Waals surface area contributed by atoms with Crippen molar-refractivity contribution < 1.29 is 13.9 Å². The van der Waals surface area contributed by atoms with Crippen LogP contribution in [0.25, 0.3) is 0 Å². The predicted octanol–water partition coefficient (Wildman–Crippen LogP) is 4.79. The molecule has 4 rings (SSSR count). The second-order valence-electron chi connectivity index (χ2n) is 7.51. The molecule has 7 heteroatoms. The average molecular weight is 442 g/mol. The first-order chi connectivity index (χ1) is 16.1. The molecular weight excluding hydrogens is 419 g/mol. The van der Waals surface area contributed by atoms with Crippen molar-refractivity contribution in [2.45, 2.75) is 0 Å². The van der Waals surface area contributed by atoms with Crippen LogP contribution < -0.4 is 15.0 Å². The van der Waals surface area contributed by atoms with Gasteiger partial charge in [-0.1, -0.05) is 18.2 Å². The minimum Gasteiger partial charge on any atom is -0.457 e. The third-order valence-electron chi connectivity index (χ3n) is 5.33. The van der Waals surface area contributed by atoms with E-state index in [0.717, 1.165) is 17.1 Å². The summed E-state index contributed by atoms with van der Waals surface area (Å²) in [6.45, 7) is 2.21. The van der Waals surface area contributed by atoms with Gasteiger partial charge in [0.15, 0.2) is 0 Å². The number of hydrogen-bond donors (Lipinski definition) is 1. The van der Waals surface area contributed by atoms with E-state index in [4.69, 9.17) is 4.74 Å². The molecule has 166 valence electrons. The van der Waals surface area contributed by atoms with Gasteiger partial charge in [-0.05, 0) is 60.7 Å². The lowest BCUT2D eigenvalue weighted by Crippen LogP contribution is -2.49. The fourth-order valence-electron chi connectivity index (χ4n) is 3.53. The number of para-hydroxylation sites is 1. The molecule has 0 unspecified atom stereocenters. The molecule has 3 aromatic carbocycles. The first-order valence-electron chi connectivity index (χ1n) is 10.6. The van der Waals surface area contributed by atoms with E-state index in [2.05, 4.69) is 10.2 Å². The summed E-state index contributed by atoms with van der Waals surface area (Å²) in [5, 5.41) is 12.5. The Labute approximate surface area is 192 Å². The van der Waals surface area contributed by atoms with Crippen LogP contribution in [0, 0.1) is 17.1 Å². The van der Waals surface area contributed by atoms with E-state index in [9.17, 15) is 14.4 Å². The molecule has 0 spiro atoms. The number of ether oxygens (including phenoxy) is 1. The van der Waals surface area contributed by atoms with Crippen molar-refractivity contribution in [2.75, 3.05) is 36.4 Å². The zero-order valence-corrected chi connectivity index (χ0v) is 17.9. The lowest BCUT2D eigenvalue weighted by molar-refractivity contribution is -0.127. The van der Waals surface area contributed by atoms with Gasteiger partial charge in [-0.15, -0.1) is 0 Å². The number of nitrogens with one attached hydrogen (secondary N) is 1. The molecule has 0 radical (unpaired) electrons. The second-order valence-corrected chi connectivity index (χ2v) is 7.51. The van der Waals surface area contributed by atoms with Crippen LogP contribution in [0.3, 0.4) is 0 Å². The largest absolute Gasteiger partial charge is 0.457 e. The van der Waals surface area contributed by atoms with Crippen LogP contribution in [0.4, 0.5) is 15.8 Å². The number of nitriles is 1. The van der Waals surface area contributed by atoms with Crippen molar-refractivity contribution in [1.29, 1.82) is 5.26 Å². The van der Waals surface area contributed by atoms with Gasteiger partial charge in [-0.3, -0.25) is 4.79 Å². The fraction of sp³-hybridized carbons (Fsp3) is 0.154. The van der Waals surface area contributed by atoms with E-state index < -0.39 is 0 Å². The Morgan fingerprint density at radius 1 is 0.909 bits per heavy atom. The van der Waals surface area contributed by atoms with Gasteiger partial charge in [0, 0.05) is 43.8 Å². The highest BCUT2D eigenvalue weighted by Crippen LogP contribution is 2.23. The Morgan fingerprint density at radius 3 is 2.18 bits per heavy atom. The van der Waals surface area contributed by atoms with Crippen LogP contribution in [-0.4, -0.2) is 37.0 Å². The number of piperazine rings is 1. The number of carbonyl (C=O) groups is 1. The molecule has 0 atom stereocenters. The number of rotatable bonds is 6. The molecule has 1 N–H and O–H groups in total. The summed E-state index contributed by atoms with van der Waals surface area (Å²) in [4.78, 5) is 16.6. The van der Waals surface area contributed by atoms with Gasteiger partial charge in [0.25, 0.3) is 5.91 Å². The maximum Gasteiger partial charge on any atom is 0.266 e. The Bertz CT molecular complexity index is 1150. The number of halogens is 1. The number of nitrogens with zero attached hydrogens (tertiary/aromatic N) is 3. The first kappa shape index (κ1) is 21.9. The Balaban J connectivity index is 1.32. The van der Waals surface area contributed by atoms with Gasteiger partial charge < -0.3 is 19.9 Å². The summed E-state index contributed by atoms with van der Waals surface area (Å²) >= 11 is 0. The van der Waals surface area contributed by atoms with E-state index in [1.807, 2.05) is 60.7 Å². The molecule has 1 aliphatic heterocycles. The topological polar surface area (TPSA) is 68.6 Å². The molecule has 33 heavy (non-hydrogen) atoms. The molecular formula is C26H23FN4O2. The SMILES string of the molecule is N#C/C(=C/Nc1ccc(Oc2ccccc2)cc1)C(=O)N1CCN(c2ccc(F)cc2)CC1. The smallest absolute Gasteiger partial charge is 0.266 e. The highest BCUT2D eigenvalue weighted by Gasteiger charge is 2.24. The Kier molecular flexibility index (Phi) is 6.86. The molecule has 0 aliphatic carbocycles.